The van der Waals surface area contributed by atoms with Crippen molar-refractivity contribution in [2.75, 3.05) is 26.6 Å². The van der Waals surface area contributed by atoms with Gasteiger partial charge in [0.1, 0.15) is 18.1 Å². The second kappa shape index (κ2) is 16.9. The van der Waals surface area contributed by atoms with Crippen molar-refractivity contribution in [3.8, 4) is 16.9 Å². The van der Waals surface area contributed by atoms with Crippen molar-refractivity contribution in [1.82, 2.24) is 0 Å². The van der Waals surface area contributed by atoms with E-state index in [1.165, 1.54) is 0 Å². The molecule has 45 heavy (non-hydrogen) atoms. The van der Waals surface area contributed by atoms with Crippen LogP contribution in [0.3, 0.4) is 0 Å². The molecule has 242 valence electrons. The third kappa shape index (κ3) is 11.5. The fourth-order valence-electron chi connectivity index (χ4n) is 4.57. The van der Waals surface area contributed by atoms with E-state index in [-0.39, 0.29) is 18.2 Å². The van der Waals surface area contributed by atoms with Gasteiger partial charge in [0.15, 0.2) is 0 Å². The molecule has 0 spiro atoms. The number of unbranched alkanes of at least 4 members (excludes halogenated alkanes) is 2. The lowest BCUT2D eigenvalue weighted by molar-refractivity contribution is -0.139. The molecule has 0 N–H and O–H groups in total. The summed E-state index contributed by atoms with van der Waals surface area (Å²) in [6.45, 7) is 18.6. The minimum Gasteiger partial charge on any atom is -0.462 e. The van der Waals surface area contributed by atoms with Crippen LogP contribution in [0, 0.1) is 5.41 Å². The molecule has 0 aliphatic carbocycles. The van der Waals surface area contributed by atoms with Crippen molar-refractivity contribution in [3.63, 3.8) is 0 Å². The molecule has 1 aromatic heterocycles. The zero-order valence-corrected chi connectivity index (χ0v) is 27.3. The number of hydrogen-bond acceptors (Lipinski definition) is 8. The highest BCUT2D eigenvalue weighted by Crippen LogP contribution is 2.29. The summed E-state index contributed by atoms with van der Waals surface area (Å²) in [5, 5.41) is 0.823. The average molecular weight is 619 g/mol. The van der Waals surface area contributed by atoms with E-state index < -0.39 is 11.6 Å². The Balaban J connectivity index is 1.76. The summed E-state index contributed by atoms with van der Waals surface area (Å²) in [6.07, 6.45) is 4.66. The standard InChI is InChI=1S/C37H46O8/c1-25(2)34(38)43-21-11-8-12-27-14-15-29-22-32(28-16-18-30(19-17-28)44-35(39)26(3)4)36(40)45-33(29)31(27)13-9-10-20-41-24-42-23-37(5,6)7/h14-19,22H,1,3,8-13,20-21,23-24H2,2,4-7H3. The monoisotopic (exact) mass is 618 g/mol. The lowest BCUT2D eigenvalue weighted by atomic mass is 9.94. The maximum atomic E-state index is 13.3. The van der Waals surface area contributed by atoms with Gasteiger partial charge >= 0.3 is 17.6 Å². The molecular weight excluding hydrogens is 572 g/mol. The topological polar surface area (TPSA) is 101 Å². The van der Waals surface area contributed by atoms with E-state index in [1.807, 2.05) is 12.1 Å². The Labute approximate surface area is 266 Å². The van der Waals surface area contributed by atoms with Crippen LogP contribution in [0.4, 0.5) is 0 Å². The van der Waals surface area contributed by atoms with E-state index in [0.29, 0.717) is 66.3 Å². The van der Waals surface area contributed by atoms with Gasteiger partial charge in [0.25, 0.3) is 0 Å². The minimum absolute atomic E-state index is 0.0903. The molecule has 3 aromatic rings. The first kappa shape index (κ1) is 35.5. The molecule has 8 nitrogen and oxygen atoms in total. The summed E-state index contributed by atoms with van der Waals surface area (Å²) in [5.41, 5.74) is 4.08. The second-order valence-electron chi connectivity index (χ2n) is 12.5. The quantitative estimate of drug-likeness (QED) is 0.0378. The number of benzene rings is 2. The molecule has 0 saturated heterocycles. The Kier molecular flexibility index (Phi) is 13.3. The van der Waals surface area contributed by atoms with E-state index in [9.17, 15) is 14.4 Å². The van der Waals surface area contributed by atoms with Crippen LogP contribution in [0.5, 0.6) is 5.75 Å². The zero-order valence-electron chi connectivity index (χ0n) is 27.3. The van der Waals surface area contributed by atoms with E-state index >= 15 is 0 Å². The van der Waals surface area contributed by atoms with Gasteiger partial charge in [-0.15, -0.1) is 0 Å². The third-order valence-electron chi connectivity index (χ3n) is 6.92. The fraction of sp³-hybridized carbons (Fsp3) is 0.432. The highest BCUT2D eigenvalue weighted by molar-refractivity contribution is 5.89. The molecule has 0 radical (unpaired) electrons. The number of carbonyl (C=O) groups is 2. The Hall–Kier alpha value is -4.01. The fourth-order valence-corrected chi connectivity index (χ4v) is 4.57. The number of ether oxygens (including phenoxy) is 4. The van der Waals surface area contributed by atoms with Crippen molar-refractivity contribution in [3.05, 3.63) is 88.3 Å². The highest BCUT2D eigenvalue weighted by atomic mass is 16.7. The van der Waals surface area contributed by atoms with Crippen LogP contribution in [0.2, 0.25) is 0 Å². The van der Waals surface area contributed by atoms with Gasteiger partial charge < -0.3 is 23.4 Å². The van der Waals surface area contributed by atoms with Gasteiger partial charge in [0.2, 0.25) is 0 Å². The van der Waals surface area contributed by atoms with Gasteiger partial charge in [-0.05, 0) is 92.7 Å². The number of rotatable bonds is 17. The molecule has 0 saturated carbocycles. The Morgan fingerprint density at radius 2 is 1.49 bits per heavy atom. The van der Waals surface area contributed by atoms with E-state index in [2.05, 4.69) is 40.0 Å². The first-order chi connectivity index (χ1) is 21.4. The van der Waals surface area contributed by atoms with Crippen LogP contribution in [0.25, 0.3) is 22.1 Å². The van der Waals surface area contributed by atoms with Crippen LogP contribution >= 0.6 is 0 Å². The van der Waals surface area contributed by atoms with Gasteiger partial charge in [-0.25, -0.2) is 14.4 Å². The Morgan fingerprint density at radius 3 is 2.16 bits per heavy atom. The number of esters is 2. The van der Waals surface area contributed by atoms with Crippen LogP contribution < -0.4 is 10.4 Å². The molecule has 1 heterocycles. The van der Waals surface area contributed by atoms with Gasteiger partial charge in [-0.1, -0.05) is 58.2 Å². The summed E-state index contributed by atoms with van der Waals surface area (Å²) in [7, 11) is 0. The average Bonchev–Trinajstić information content (AvgIpc) is 2.98. The van der Waals surface area contributed by atoms with E-state index in [1.54, 1.807) is 38.1 Å². The molecule has 0 fully saturated rings. The minimum atomic E-state index is -0.510. The van der Waals surface area contributed by atoms with Gasteiger partial charge in [-0.3, -0.25) is 0 Å². The van der Waals surface area contributed by atoms with Gasteiger partial charge in [-0.2, -0.15) is 0 Å². The van der Waals surface area contributed by atoms with Crippen LogP contribution in [0.1, 0.15) is 71.4 Å². The first-order valence-electron chi connectivity index (χ1n) is 15.4. The third-order valence-corrected chi connectivity index (χ3v) is 6.92. The second-order valence-corrected chi connectivity index (χ2v) is 12.5. The zero-order chi connectivity index (χ0) is 33.0. The van der Waals surface area contributed by atoms with Crippen molar-refractivity contribution in [2.24, 2.45) is 5.41 Å². The summed E-state index contributed by atoms with van der Waals surface area (Å²) < 4.78 is 27.7. The molecule has 0 aliphatic rings. The molecule has 3 rings (SSSR count). The van der Waals surface area contributed by atoms with Gasteiger partial charge in [0.05, 0.1) is 18.8 Å². The van der Waals surface area contributed by atoms with Crippen molar-refractivity contribution >= 4 is 22.9 Å². The SMILES string of the molecule is C=C(C)C(=O)OCCCCc1ccc2cc(-c3ccc(OC(=O)C(=C)C)cc3)c(=O)oc2c1CCCCOCOCC(C)(C)C. The molecule has 0 atom stereocenters. The van der Waals surface area contributed by atoms with E-state index in [0.717, 1.165) is 42.2 Å². The molecule has 2 aromatic carbocycles. The Morgan fingerprint density at radius 1 is 0.822 bits per heavy atom. The van der Waals surface area contributed by atoms with Crippen molar-refractivity contribution in [2.45, 2.75) is 73.1 Å². The van der Waals surface area contributed by atoms with Crippen LogP contribution in [0.15, 0.2) is 76.0 Å². The largest absolute Gasteiger partial charge is 0.462 e. The molecule has 0 unspecified atom stereocenters. The summed E-state index contributed by atoms with van der Waals surface area (Å²) in [6, 6.07) is 12.6. The predicted octanol–water partition coefficient (Wildman–Crippen LogP) is 7.74. The molecular formula is C37H46O8. The Bertz CT molecular complexity index is 1540. The molecule has 0 amide bonds. The van der Waals surface area contributed by atoms with E-state index in [4.69, 9.17) is 23.4 Å². The highest BCUT2D eigenvalue weighted by Gasteiger charge is 2.15. The maximum absolute atomic E-state index is 13.3. The molecule has 0 aliphatic heterocycles. The molecule has 8 heteroatoms. The maximum Gasteiger partial charge on any atom is 0.344 e. The summed E-state index contributed by atoms with van der Waals surface area (Å²) in [5.74, 6) is -0.528. The number of aryl methyl sites for hydroxylation is 2. The number of fused-ring (bicyclic) bond motifs is 1. The number of hydrogen-bond donors (Lipinski definition) is 0. The molecule has 0 bridgehead atoms. The number of carbonyl (C=O) groups excluding carboxylic acids is 2. The summed E-state index contributed by atoms with van der Waals surface area (Å²) in [4.78, 5) is 36.8. The lowest BCUT2D eigenvalue weighted by Gasteiger charge is -2.17. The van der Waals surface area contributed by atoms with Crippen LogP contribution in [-0.4, -0.2) is 38.6 Å². The van der Waals surface area contributed by atoms with Crippen molar-refractivity contribution < 1.29 is 33.0 Å². The first-order valence-corrected chi connectivity index (χ1v) is 15.4. The summed E-state index contributed by atoms with van der Waals surface area (Å²) >= 11 is 0. The predicted molar refractivity (Wildman–Crippen MR) is 176 cm³/mol. The van der Waals surface area contributed by atoms with Gasteiger partial charge in [0, 0.05) is 23.1 Å². The lowest BCUT2D eigenvalue weighted by Crippen LogP contribution is -2.16. The smallest absolute Gasteiger partial charge is 0.344 e. The van der Waals surface area contributed by atoms with Crippen molar-refractivity contribution in [1.29, 1.82) is 0 Å². The van der Waals surface area contributed by atoms with Crippen LogP contribution in [-0.2, 0) is 36.6 Å². The normalized spacial score (nSPS) is 11.4.